The molecule has 6 heteroatoms. The van der Waals surface area contributed by atoms with Gasteiger partial charge in [0.05, 0.1) is 27.6 Å². The van der Waals surface area contributed by atoms with Crippen molar-refractivity contribution in [1.82, 2.24) is 28.7 Å². The maximum Gasteiger partial charge on any atom is 0.168 e. The predicted octanol–water partition coefficient (Wildman–Crippen LogP) is 10.8. The number of fused-ring (bicyclic) bond motifs is 12. The van der Waals surface area contributed by atoms with Crippen LogP contribution in [0.15, 0.2) is 170 Å². The van der Waals surface area contributed by atoms with Gasteiger partial charge in [0.1, 0.15) is 5.65 Å². The Bertz CT molecular complexity index is 3060. The topological polar surface area (TPSA) is 52.9 Å². The van der Waals surface area contributed by atoms with Gasteiger partial charge >= 0.3 is 0 Å². The number of pyridine rings is 1. The number of nitrogens with zero attached hydrogens (tertiary/aromatic N) is 6. The van der Waals surface area contributed by atoms with E-state index < -0.39 is 0 Å². The van der Waals surface area contributed by atoms with Crippen molar-refractivity contribution >= 4 is 60.2 Å². The van der Waals surface area contributed by atoms with Crippen LogP contribution in [0.25, 0.3) is 94.3 Å². The summed E-state index contributed by atoms with van der Waals surface area (Å²) < 4.78 is 6.91. The summed E-state index contributed by atoms with van der Waals surface area (Å²) in [6.07, 6.45) is 0. The highest BCUT2D eigenvalue weighted by molar-refractivity contribution is 6.26. The Labute approximate surface area is 292 Å². The van der Waals surface area contributed by atoms with E-state index in [4.69, 9.17) is 4.98 Å². The molecule has 0 bridgehead atoms. The van der Waals surface area contributed by atoms with Gasteiger partial charge in [-0.3, -0.25) is 8.97 Å². The molecule has 0 N–H and O–H groups in total. The quantitative estimate of drug-likeness (QED) is 0.178. The molecule has 0 saturated heterocycles. The molecule has 51 heavy (non-hydrogen) atoms. The summed E-state index contributed by atoms with van der Waals surface area (Å²) in [7, 11) is 0. The van der Waals surface area contributed by atoms with Crippen LogP contribution < -0.4 is 0 Å². The lowest BCUT2D eigenvalue weighted by Gasteiger charge is -2.14. The van der Waals surface area contributed by atoms with Crippen LogP contribution >= 0.6 is 0 Å². The molecule has 11 rings (SSSR count). The van der Waals surface area contributed by atoms with Crippen LogP contribution in [-0.2, 0) is 0 Å². The third-order valence-corrected chi connectivity index (χ3v) is 10.1. The van der Waals surface area contributed by atoms with Gasteiger partial charge in [-0.25, -0.2) is 4.98 Å². The highest BCUT2D eigenvalue weighted by Gasteiger charge is 2.21. The lowest BCUT2D eigenvalue weighted by molar-refractivity contribution is 1.07. The molecular formula is C45H28N6. The predicted molar refractivity (Wildman–Crippen MR) is 208 cm³/mol. The minimum Gasteiger partial charge on any atom is -0.309 e. The molecule has 0 fully saturated rings. The maximum absolute atomic E-state index is 5.18. The van der Waals surface area contributed by atoms with Gasteiger partial charge in [0.25, 0.3) is 0 Å². The smallest absolute Gasteiger partial charge is 0.168 e. The van der Waals surface area contributed by atoms with E-state index in [2.05, 4.69) is 157 Å². The average molecular weight is 653 g/mol. The lowest BCUT2D eigenvalue weighted by atomic mass is 10.0. The molecule has 0 aliphatic rings. The van der Waals surface area contributed by atoms with Crippen molar-refractivity contribution in [3.05, 3.63) is 170 Å². The first-order chi connectivity index (χ1) is 25.3. The zero-order valence-corrected chi connectivity index (χ0v) is 27.3. The van der Waals surface area contributed by atoms with Gasteiger partial charge in [-0.2, -0.15) is 0 Å². The molecule has 4 heterocycles. The van der Waals surface area contributed by atoms with E-state index >= 15 is 0 Å². The van der Waals surface area contributed by atoms with Crippen molar-refractivity contribution in [2.75, 3.05) is 0 Å². The van der Waals surface area contributed by atoms with E-state index in [1.165, 1.54) is 27.1 Å². The first-order valence-corrected chi connectivity index (χ1v) is 17.1. The minimum atomic E-state index is 0.800. The number of aromatic nitrogens is 6. The Balaban J connectivity index is 1.18. The summed E-state index contributed by atoms with van der Waals surface area (Å²) in [5.74, 6) is 1.60. The highest BCUT2D eigenvalue weighted by atomic mass is 15.3. The Morgan fingerprint density at radius 2 is 0.922 bits per heavy atom. The van der Waals surface area contributed by atoms with E-state index in [0.29, 0.717) is 0 Å². The molecule has 0 amide bonds. The fourth-order valence-corrected chi connectivity index (χ4v) is 7.94. The summed E-state index contributed by atoms with van der Waals surface area (Å²) in [6, 6.07) is 59.7. The molecule has 0 radical (unpaired) electrons. The number of hydrogen-bond donors (Lipinski definition) is 0. The Hall–Kier alpha value is -7.05. The Morgan fingerprint density at radius 3 is 1.61 bits per heavy atom. The van der Waals surface area contributed by atoms with Gasteiger partial charge in [0, 0.05) is 44.0 Å². The van der Waals surface area contributed by atoms with E-state index in [1.54, 1.807) is 0 Å². The van der Waals surface area contributed by atoms with Crippen molar-refractivity contribution in [1.29, 1.82) is 0 Å². The summed E-state index contributed by atoms with van der Waals surface area (Å²) in [4.78, 5) is 5.18. The number of benzene rings is 7. The fraction of sp³-hybridized carbons (Fsp3) is 0. The van der Waals surface area contributed by atoms with Crippen LogP contribution in [0.5, 0.6) is 0 Å². The summed E-state index contributed by atoms with van der Waals surface area (Å²) in [6.45, 7) is 0. The second-order valence-electron chi connectivity index (χ2n) is 12.9. The van der Waals surface area contributed by atoms with Crippen molar-refractivity contribution < 1.29 is 0 Å². The van der Waals surface area contributed by atoms with Gasteiger partial charge in [0.15, 0.2) is 11.6 Å². The molecule has 7 aromatic carbocycles. The van der Waals surface area contributed by atoms with Gasteiger partial charge in [-0.05, 0) is 53.9 Å². The summed E-state index contributed by atoms with van der Waals surface area (Å²) >= 11 is 0. The first-order valence-electron chi connectivity index (χ1n) is 17.1. The molecule has 0 spiro atoms. The third-order valence-electron chi connectivity index (χ3n) is 10.1. The second-order valence-corrected chi connectivity index (χ2v) is 12.9. The number of para-hydroxylation sites is 3. The van der Waals surface area contributed by atoms with E-state index in [1.807, 2.05) is 36.4 Å². The molecule has 0 aliphatic heterocycles. The zero-order chi connectivity index (χ0) is 33.5. The van der Waals surface area contributed by atoms with Crippen molar-refractivity contribution in [3.63, 3.8) is 0 Å². The molecule has 238 valence electrons. The molecule has 6 nitrogen and oxygen atoms in total. The summed E-state index contributed by atoms with van der Waals surface area (Å²) in [5.41, 5.74) is 10.6. The highest BCUT2D eigenvalue weighted by Crippen LogP contribution is 2.41. The van der Waals surface area contributed by atoms with Crippen LogP contribution in [-0.4, -0.2) is 28.7 Å². The van der Waals surface area contributed by atoms with E-state index in [0.717, 1.165) is 67.3 Å². The lowest BCUT2D eigenvalue weighted by Crippen LogP contribution is -2.01. The van der Waals surface area contributed by atoms with Crippen LogP contribution in [0.1, 0.15) is 0 Å². The average Bonchev–Trinajstić information content (AvgIpc) is 3.91. The largest absolute Gasteiger partial charge is 0.309 e. The van der Waals surface area contributed by atoms with E-state index in [-0.39, 0.29) is 0 Å². The van der Waals surface area contributed by atoms with Crippen LogP contribution in [0.3, 0.4) is 0 Å². The SMILES string of the molecule is c1ccc(-c2nnc(-c3ccccc3)n2-c2ccc(-n3c4ccccc4c4c3ccc3c5ccccc5c5nc6ccccc6n5c34)cc2)cc1. The van der Waals surface area contributed by atoms with E-state index in [9.17, 15) is 0 Å². The van der Waals surface area contributed by atoms with Gasteiger partial charge in [0.2, 0.25) is 0 Å². The third kappa shape index (κ3) is 4.01. The number of hydrogen-bond acceptors (Lipinski definition) is 3. The molecule has 11 aromatic rings. The molecule has 0 saturated carbocycles. The van der Waals surface area contributed by atoms with Crippen LogP contribution in [0.4, 0.5) is 0 Å². The Kier molecular flexibility index (Phi) is 5.86. The standard InChI is InChI=1S/C45H28N6/c1-3-13-29(14-4-1)43-47-48-44(30-15-5-2-6-16-30)50(43)32-25-23-31(24-26-32)49-38-21-11-9-19-36(38)41-40(49)28-27-34-33-17-7-8-18-35(33)45-46-37-20-10-12-22-39(37)51(45)42(34)41/h1-28H. The van der Waals surface area contributed by atoms with Crippen LogP contribution in [0, 0.1) is 0 Å². The summed E-state index contributed by atoms with van der Waals surface area (Å²) in [5, 5.41) is 15.4. The molecule has 0 aliphatic carbocycles. The fourth-order valence-electron chi connectivity index (χ4n) is 7.94. The van der Waals surface area contributed by atoms with Crippen molar-refractivity contribution in [2.45, 2.75) is 0 Å². The van der Waals surface area contributed by atoms with Gasteiger partial charge < -0.3 is 4.57 Å². The molecule has 0 unspecified atom stereocenters. The first kappa shape index (κ1) is 27.9. The molecular weight excluding hydrogens is 625 g/mol. The minimum absolute atomic E-state index is 0.800. The Morgan fingerprint density at radius 1 is 0.373 bits per heavy atom. The second kappa shape index (κ2) is 10.7. The molecule has 0 atom stereocenters. The van der Waals surface area contributed by atoms with Gasteiger partial charge in [-0.15, -0.1) is 10.2 Å². The van der Waals surface area contributed by atoms with Crippen molar-refractivity contribution in [2.24, 2.45) is 0 Å². The number of rotatable bonds is 4. The zero-order valence-electron chi connectivity index (χ0n) is 27.3. The maximum atomic E-state index is 5.18. The van der Waals surface area contributed by atoms with Crippen molar-refractivity contribution in [3.8, 4) is 34.2 Å². The van der Waals surface area contributed by atoms with Crippen LogP contribution in [0.2, 0.25) is 0 Å². The monoisotopic (exact) mass is 652 g/mol. The van der Waals surface area contributed by atoms with Gasteiger partial charge in [-0.1, -0.05) is 121 Å². The number of imidazole rings is 1. The molecule has 4 aromatic heterocycles. The normalized spacial score (nSPS) is 11.9.